The molecular weight excluding hydrogens is 168 g/mol. The van der Waals surface area contributed by atoms with E-state index in [0.29, 0.717) is 6.54 Å². The maximum absolute atomic E-state index is 7.99. The molecule has 4 heteroatoms. The van der Waals surface area contributed by atoms with Crippen molar-refractivity contribution < 1.29 is 9.84 Å². The van der Waals surface area contributed by atoms with Gasteiger partial charge in [0, 0.05) is 20.3 Å². The monoisotopic (exact) mass is 192 g/mol. The van der Waals surface area contributed by atoms with Crippen molar-refractivity contribution in [3.05, 3.63) is 0 Å². The van der Waals surface area contributed by atoms with Crippen LogP contribution in [0.3, 0.4) is 0 Å². The van der Waals surface area contributed by atoms with E-state index in [1.807, 2.05) is 0 Å². The van der Waals surface area contributed by atoms with Crippen LogP contribution in [-0.4, -0.2) is 57.5 Å². The molecule has 0 unspecified atom stereocenters. The van der Waals surface area contributed by atoms with Crippen LogP contribution in [0.2, 0.25) is 0 Å². The Kier molecular flexibility index (Phi) is 16.9. The van der Waals surface area contributed by atoms with E-state index in [0.717, 1.165) is 26.0 Å². The first-order valence-electron chi connectivity index (χ1n) is 4.63. The zero-order valence-electron chi connectivity index (χ0n) is 9.12. The lowest BCUT2D eigenvalue weighted by Crippen LogP contribution is -2.14. The number of rotatable bonds is 6. The molecule has 0 aromatic rings. The summed E-state index contributed by atoms with van der Waals surface area (Å²) in [5.41, 5.74) is 4.98. The van der Waals surface area contributed by atoms with Crippen molar-refractivity contribution in [2.45, 2.75) is 12.8 Å². The molecule has 13 heavy (non-hydrogen) atoms. The zero-order chi connectivity index (χ0) is 10.5. The molecule has 0 aliphatic rings. The van der Waals surface area contributed by atoms with Gasteiger partial charge in [0.2, 0.25) is 0 Å². The Hall–Kier alpha value is -0.160. The molecule has 0 saturated carbocycles. The third kappa shape index (κ3) is 24.5. The summed E-state index contributed by atoms with van der Waals surface area (Å²) in [6.45, 7) is 2.80. The van der Waals surface area contributed by atoms with Crippen molar-refractivity contribution in [3.63, 3.8) is 0 Å². The van der Waals surface area contributed by atoms with Gasteiger partial charge in [-0.2, -0.15) is 0 Å². The fourth-order valence-electron chi connectivity index (χ4n) is 0.616. The maximum atomic E-state index is 7.99. The zero-order valence-corrected chi connectivity index (χ0v) is 9.12. The molecule has 0 heterocycles. The van der Waals surface area contributed by atoms with Gasteiger partial charge in [-0.1, -0.05) is 0 Å². The van der Waals surface area contributed by atoms with Crippen LogP contribution >= 0.6 is 0 Å². The van der Waals surface area contributed by atoms with Gasteiger partial charge in [-0.05, 0) is 40.0 Å². The second-order valence-electron chi connectivity index (χ2n) is 3.02. The van der Waals surface area contributed by atoms with Gasteiger partial charge in [-0.15, -0.1) is 0 Å². The number of nitrogens with zero attached hydrogens (tertiary/aromatic N) is 1. The highest BCUT2D eigenvalue weighted by Gasteiger charge is 1.86. The molecular formula is C9H24N2O2. The topological polar surface area (TPSA) is 58.7 Å². The van der Waals surface area contributed by atoms with Crippen LogP contribution in [-0.2, 0) is 4.74 Å². The van der Waals surface area contributed by atoms with Gasteiger partial charge in [0.05, 0.1) is 0 Å². The SMILES string of the molecule is COCCCN(C)C.NCCCO. The number of hydrogen-bond acceptors (Lipinski definition) is 4. The molecule has 0 rings (SSSR count). The van der Waals surface area contributed by atoms with Crippen LogP contribution < -0.4 is 5.73 Å². The Labute approximate surface area is 81.7 Å². The summed E-state index contributed by atoms with van der Waals surface area (Å²) in [7, 11) is 5.86. The third-order valence-corrected chi connectivity index (χ3v) is 1.32. The number of aliphatic hydroxyl groups is 1. The van der Waals surface area contributed by atoms with Crippen LogP contribution in [0.1, 0.15) is 12.8 Å². The van der Waals surface area contributed by atoms with Gasteiger partial charge >= 0.3 is 0 Å². The number of nitrogens with two attached hydrogens (primary N) is 1. The lowest BCUT2D eigenvalue weighted by molar-refractivity contribution is 0.184. The molecule has 82 valence electrons. The Morgan fingerprint density at radius 3 is 2.15 bits per heavy atom. The predicted octanol–water partition coefficient (Wildman–Crippen LogP) is -0.0880. The van der Waals surface area contributed by atoms with Gasteiger partial charge in [0.25, 0.3) is 0 Å². The molecule has 0 radical (unpaired) electrons. The Balaban J connectivity index is 0. The maximum Gasteiger partial charge on any atom is 0.0474 e. The normalized spacial score (nSPS) is 9.69. The molecule has 0 aliphatic heterocycles. The first-order valence-corrected chi connectivity index (χ1v) is 4.63. The first-order chi connectivity index (χ1) is 6.18. The summed E-state index contributed by atoms with van der Waals surface area (Å²) in [5.74, 6) is 0. The van der Waals surface area contributed by atoms with E-state index in [2.05, 4.69) is 19.0 Å². The van der Waals surface area contributed by atoms with Crippen molar-refractivity contribution in [2.24, 2.45) is 5.73 Å². The van der Waals surface area contributed by atoms with Crippen molar-refractivity contribution in [3.8, 4) is 0 Å². The van der Waals surface area contributed by atoms with Crippen molar-refractivity contribution in [1.82, 2.24) is 4.90 Å². The smallest absolute Gasteiger partial charge is 0.0474 e. The minimum atomic E-state index is 0.219. The summed E-state index contributed by atoms with van der Waals surface area (Å²) in [5, 5.41) is 7.99. The van der Waals surface area contributed by atoms with Crippen LogP contribution in [0.15, 0.2) is 0 Å². The second-order valence-corrected chi connectivity index (χ2v) is 3.02. The summed E-state index contributed by atoms with van der Waals surface area (Å²) < 4.78 is 4.87. The van der Waals surface area contributed by atoms with E-state index in [4.69, 9.17) is 15.6 Å². The van der Waals surface area contributed by atoms with Gasteiger partial charge < -0.3 is 20.5 Å². The van der Waals surface area contributed by atoms with Crippen molar-refractivity contribution >= 4 is 0 Å². The van der Waals surface area contributed by atoms with Crippen LogP contribution in [0.25, 0.3) is 0 Å². The quantitative estimate of drug-likeness (QED) is 0.578. The Morgan fingerprint density at radius 1 is 1.31 bits per heavy atom. The molecule has 0 atom stereocenters. The summed E-state index contributed by atoms with van der Waals surface area (Å²) in [6.07, 6.45) is 1.85. The molecule has 0 bridgehead atoms. The van der Waals surface area contributed by atoms with Crippen molar-refractivity contribution in [2.75, 3.05) is 47.5 Å². The van der Waals surface area contributed by atoms with Crippen LogP contribution in [0, 0.1) is 0 Å². The van der Waals surface area contributed by atoms with E-state index in [1.165, 1.54) is 0 Å². The summed E-state index contributed by atoms with van der Waals surface area (Å²) in [4.78, 5) is 2.15. The second kappa shape index (κ2) is 14.4. The molecule has 0 spiro atoms. The molecule has 4 nitrogen and oxygen atoms in total. The minimum Gasteiger partial charge on any atom is -0.396 e. The highest BCUT2D eigenvalue weighted by Crippen LogP contribution is 1.81. The molecule has 3 N–H and O–H groups in total. The fraction of sp³-hybridized carbons (Fsp3) is 1.00. The van der Waals surface area contributed by atoms with Gasteiger partial charge in [0.15, 0.2) is 0 Å². The lowest BCUT2D eigenvalue weighted by Gasteiger charge is -2.07. The fourth-order valence-corrected chi connectivity index (χ4v) is 0.616. The Bertz CT molecular complexity index is 78.0. The number of hydrogen-bond donors (Lipinski definition) is 2. The van der Waals surface area contributed by atoms with Gasteiger partial charge in [0.1, 0.15) is 0 Å². The van der Waals surface area contributed by atoms with E-state index >= 15 is 0 Å². The van der Waals surface area contributed by atoms with E-state index in [-0.39, 0.29) is 6.61 Å². The summed E-state index contributed by atoms with van der Waals surface area (Å²) in [6, 6.07) is 0. The average molecular weight is 192 g/mol. The highest BCUT2D eigenvalue weighted by molar-refractivity contribution is 4.40. The molecule has 0 saturated heterocycles. The van der Waals surface area contributed by atoms with Crippen molar-refractivity contribution in [1.29, 1.82) is 0 Å². The molecule has 0 amide bonds. The Morgan fingerprint density at radius 2 is 1.92 bits per heavy atom. The predicted molar refractivity (Wildman–Crippen MR) is 55.8 cm³/mol. The molecule has 0 fully saturated rings. The molecule has 0 aromatic carbocycles. The lowest BCUT2D eigenvalue weighted by atomic mass is 10.4. The number of methoxy groups -OCH3 is 1. The third-order valence-electron chi connectivity index (χ3n) is 1.32. The summed E-state index contributed by atoms with van der Waals surface area (Å²) >= 11 is 0. The number of ether oxygens (including phenoxy) is 1. The van der Waals surface area contributed by atoms with E-state index < -0.39 is 0 Å². The van der Waals surface area contributed by atoms with Crippen LogP contribution in [0.4, 0.5) is 0 Å². The van der Waals surface area contributed by atoms with E-state index in [1.54, 1.807) is 7.11 Å². The molecule has 0 aromatic heterocycles. The van der Waals surface area contributed by atoms with Gasteiger partial charge in [-0.3, -0.25) is 0 Å². The standard InChI is InChI=1S/C6H15NO.C3H9NO/c1-7(2)5-4-6-8-3;4-2-1-3-5/h4-6H2,1-3H3;5H,1-4H2. The minimum absolute atomic E-state index is 0.219. The highest BCUT2D eigenvalue weighted by atomic mass is 16.5. The van der Waals surface area contributed by atoms with E-state index in [9.17, 15) is 0 Å². The van der Waals surface area contributed by atoms with Crippen LogP contribution in [0.5, 0.6) is 0 Å². The largest absolute Gasteiger partial charge is 0.396 e. The van der Waals surface area contributed by atoms with Gasteiger partial charge in [-0.25, -0.2) is 0 Å². The number of aliphatic hydroxyl groups excluding tert-OH is 1. The average Bonchev–Trinajstić information content (AvgIpc) is 2.07. The molecule has 0 aliphatic carbocycles. The first kappa shape index (κ1) is 15.3.